The molecule has 0 saturated carbocycles. The minimum absolute atomic E-state index is 0.00453. The third-order valence-electron chi connectivity index (χ3n) is 6.46. The summed E-state index contributed by atoms with van der Waals surface area (Å²) in [5, 5.41) is 10.7. The lowest BCUT2D eigenvalue weighted by atomic mass is 9.86. The zero-order valence-electron chi connectivity index (χ0n) is 21.6. The van der Waals surface area contributed by atoms with Gasteiger partial charge in [0.15, 0.2) is 0 Å². The molecule has 1 aliphatic rings. The molecule has 184 valence electrons. The number of allylic oxidation sites excluding steroid dienone is 5. The molecule has 33 heavy (non-hydrogen) atoms. The van der Waals surface area contributed by atoms with Crippen molar-refractivity contribution in [2.24, 2.45) is 11.8 Å². The van der Waals surface area contributed by atoms with Crippen LogP contribution in [0.25, 0.3) is 0 Å². The summed E-state index contributed by atoms with van der Waals surface area (Å²) in [5.41, 5.74) is 3.15. The molecule has 0 aromatic carbocycles. The maximum atomic E-state index is 12.5. The molecule has 2 heterocycles. The predicted octanol–water partition coefficient (Wildman–Crippen LogP) is 4.89. The Hall–Kier alpha value is -2.31. The Bertz CT molecular complexity index is 971. The third-order valence-corrected chi connectivity index (χ3v) is 6.46. The molecular weight excluding hydrogens is 418 g/mol. The van der Waals surface area contributed by atoms with Gasteiger partial charge >= 0.3 is 0 Å². The van der Waals surface area contributed by atoms with Gasteiger partial charge in [-0.2, -0.15) is 0 Å². The van der Waals surface area contributed by atoms with E-state index in [1.807, 2.05) is 20.8 Å². The topological polar surface area (TPSA) is 84.1 Å². The van der Waals surface area contributed by atoms with Crippen molar-refractivity contribution in [1.29, 1.82) is 0 Å². The largest absolute Gasteiger partial charge is 0.488 e. The first-order valence-corrected chi connectivity index (χ1v) is 11.7. The molecule has 1 fully saturated rings. The fourth-order valence-corrected chi connectivity index (χ4v) is 4.38. The van der Waals surface area contributed by atoms with Crippen molar-refractivity contribution in [3.63, 3.8) is 0 Å². The number of methoxy groups -OCH3 is 2. The number of ether oxygens (including phenoxy) is 3. The van der Waals surface area contributed by atoms with E-state index in [0.29, 0.717) is 23.8 Å². The maximum Gasteiger partial charge on any atom is 0.238 e. The molecule has 0 bridgehead atoms. The highest BCUT2D eigenvalue weighted by atomic mass is 16.6. The van der Waals surface area contributed by atoms with Gasteiger partial charge in [0.25, 0.3) is 0 Å². The molecule has 1 aromatic heterocycles. The van der Waals surface area contributed by atoms with E-state index < -0.39 is 11.7 Å². The van der Waals surface area contributed by atoms with Gasteiger partial charge in [-0.25, -0.2) is 0 Å². The lowest BCUT2D eigenvalue weighted by molar-refractivity contribution is 0.0563. The first-order valence-electron chi connectivity index (χ1n) is 11.7. The van der Waals surface area contributed by atoms with Gasteiger partial charge in [0.1, 0.15) is 5.60 Å². The fraction of sp³-hybridized carbons (Fsp3) is 0.593. The summed E-state index contributed by atoms with van der Waals surface area (Å²) in [4.78, 5) is 15.6. The monoisotopic (exact) mass is 459 g/mol. The minimum Gasteiger partial charge on any atom is -0.488 e. The van der Waals surface area contributed by atoms with Crippen LogP contribution >= 0.6 is 0 Å². The van der Waals surface area contributed by atoms with Crippen molar-refractivity contribution in [2.45, 2.75) is 79.1 Å². The Balaban J connectivity index is 1.97. The molecule has 2 rings (SSSR count). The van der Waals surface area contributed by atoms with Gasteiger partial charge in [-0.15, -0.1) is 0 Å². The van der Waals surface area contributed by atoms with Crippen LogP contribution < -0.4 is 14.9 Å². The van der Waals surface area contributed by atoms with Crippen molar-refractivity contribution in [3.8, 4) is 11.6 Å². The lowest BCUT2D eigenvalue weighted by Crippen LogP contribution is -2.35. The second kappa shape index (κ2) is 11.2. The van der Waals surface area contributed by atoms with Crippen LogP contribution in [-0.2, 0) is 11.2 Å². The van der Waals surface area contributed by atoms with Gasteiger partial charge in [-0.1, -0.05) is 56.2 Å². The van der Waals surface area contributed by atoms with E-state index in [0.717, 1.165) is 17.7 Å². The fourth-order valence-electron chi connectivity index (χ4n) is 4.38. The maximum absolute atomic E-state index is 12.5. The number of hydrogen-bond donors (Lipinski definition) is 2. The predicted molar refractivity (Wildman–Crippen MR) is 133 cm³/mol. The molecule has 4 atom stereocenters. The van der Waals surface area contributed by atoms with Gasteiger partial charge in [-0.05, 0) is 40.0 Å². The normalized spacial score (nSPS) is 23.2. The van der Waals surface area contributed by atoms with Crippen LogP contribution in [0.1, 0.15) is 59.2 Å². The van der Waals surface area contributed by atoms with E-state index in [2.05, 4.69) is 50.1 Å². The summed E-state index contributed by atoms with van der Waals surface area (Å²) < 4.78 is 16.2. The van der Waals surface area contributed by atoms with Crippen LogP contribution in [0.5, 0.6) is 11.6 Å². The summed E-state index contributed by atoms with van der Waals surface area (Å²) in [6, 6.07) is 0. The molecule has 4 unspecified atom stereocenters. The average molecular weight is 460 g/mol. The van der Waals surface area contributed by atoms with Crippen molar-refractivity contribution in [1.82, 2.24) is 4.98 Å². The first kappa shape index (κ1) is 26.9. The standard InChI is InChI=1S/C27H41NO5/c1-16(2)25-27(7,33-25)24(30)19(5)15-18(4)12-10-11-17(3)13-14-21-20(6)22(29)23(31-8)26(28-21)32-9/h10,12-13,15-16,19,24-25,30H,11,14H2,1-9H3,(H,28,29)/b12-10+,17-13+,18-15+. The van der Waals surface area contributed by atoms with Crippen molar-refractivity contribution < 1.29 is 19.3 Å². The third kappa shape index (κ3) is 6.39. The van der Waals surface area contributed by atoms with Gasteiger partial charge < -0.3 is 24.3 Å². The summed E-state index contributed by atoms with van der Waals surface area (Å²) in [7, 11) is 2.97. The number of H-pyrrole nitrogens is 1. The molecule has 0 radical (unpaired) electrons. The number of aliphatic hydroxyl groups is 1. The lowest BCUT2D eigenvalue weighted by Gasteiger charge is -2.21. The summed E-state index contributed by atoms with van der Waals surface area (Å²) >= 11 is 0. The summed E-state index contributed by atoms with van der Waals surface area (Å²) in [5.74, 6) is 0.948. The number of rotatable bonds is 11. The molecule has 0 aliphatic carbocycles. The number of nitrogens with one attached hydrogen (secondary N) is 1. The molecule has 1 aliphatic heterocycles. The van der Waals surface area contributed by atoms with Gasteiger partial charge in [0.2, 0.25) is 17.1 Å². The highest BCUT2D eigenvalue weighted by Gasteiger charge is 2.59. The number of hydrogen-bond acceptors (Lipinski definition) is 5. The number of aromatic amines is 1. The highest BCUT2D eigenvalue weighted by Crippen LogP contribution is 2.45. The quantitative estimate of drug-likeness (QED) is 0.280. The van der Waals surface area contributed by atoms with Gasteiger partial charge in [-0.3, -0.25) is 4.79 Å². The first-order chi connectivity index (χ1) is 15.5. The van der Waals surface area contributed by atoms with Crippen molar-refractivity contribution in [2.75, 3.05) is 14.2 Å². The Kier molecular flexibility index (Phi) is 9.15. The van der Waals surface area contributed by atoms with Crippen LogP contribution in [0.15, 0.2) is 40.2 Å². The molecule has 0 spiro atoms. The van der Waals surface area contributed by atoms with Gasteiger partial charge in [0.05, 0.1) is 26.4 Å². The minimum atomic E-state index is -0.526. The summed E-state index contributed by atoms with van der Waals surface area (Å²) in [6.45, 7) is 14.2. The van der Waals surface area contributed by atoms with Crippen molar-refractivity contribution >= 4 is 0 Å². The molecule has 1 aromatic rings. The second-order valence-electron chi connectivity index (χ2n) is 9.67. The SMILES string of the molecule is COc1[nH]c(C/C=C(\C)C/C=C/C(C)=C/C(C)C(O)C2(C)OC2C(C)C)c(C)c(=O)c1OC. The zero-order chi connectivity index (χ0) is 24.9. The molecule has 6 nitrogen and oxygen atoms in total. The van der Waals surface area contributed by atoms with Crippen LogP contribution in [0.2, 0.25) is 0 Å². The van der Waals surface area contributed by atoms with Gasteiger partial charge in [0, 0.05) is 23.6 Å². The zero-order valence-corrected chi connectivity index (χ0v) is 21.6. The van der Waals surface area contributed by atoms with Crippen molar-refractivity contribution in [3.05, 3.63) is 56.9 Å². The van der Waals surface area contributed by atoms with Crippen LogP contribution in [0, 0.1) is 18.8 Å². The number of pyridine rings is 1. The van der Waals surface area contributed by atoms with Crippen LogP contribution in [-0.4, -0.2) is 42.1 Å². The molecule has 0 amide bonds. The number of epoxide rings is 1. The average Bonchev–Trinajstić information content (AvgIpc) is 3.47. The molecule has 6 heteroatoms. The van der Waals surface area contributed by atoms with E-state index in [9.17, 15) is 9.90 Å². The van der Waals surface area contributed by atoms with Crippen LogP contribution in [0.3, 0.4) is 0 Å². The number of aliphatic hydroxyl groups excluding tert-OH is 1. The Labute approximate surface area is 198 Å². The Morgan fingerprint density at radius 3 is 2.45 bits per heavy atom. The van der Waals surface area contributed by atoms with E-state index in [4.69, 9.17) is 14.2 Å². The van der Waals surface area contributed by atoms with E-state index in [-0.39, 0.29) is 23.2 Å². The van der Waals surface area contributed by atoms with E-state index in [1.165, 1.54) is 19.8 Å². The Morgan fingerprint density at radius 1 is 1.24 bits per heavy atom. The van der Waals surface area contributed by atoms with E-state index in [1.54, 1.807) is 6.92 Å². The molecular formula is C27H41NO5. The van der Waals surface area contributed by atoms with E-state index >= 15 is 0 Å². The van der Waals surface area contributed by atoms with Crippen LogP contribution in [0.4, 0.5) is 0 Å². The second-order valence-corrected chi connectivity index (χ2v) is 9.67. The molecule has 1 saturated heterocycles. The summed E-state index contributed by atoms with van der Waals surface area (Å²) in [6.07, 6.45) is 9.41. The highest BCUT2D eigenvalue weighted by molar-refractivity contribution is 5.40. The smallest absolute Gasteiger partial charge is 0.238 e. The molecule has 2 N–H and O–H groups in total. The number of aromatic nitrogens is 1. The Morgan fingerprint density at radius 2 is 1.91 bits per heavy atom.